The number of nitrogens with two attached hydrogens (primary N) is 1. The van der Waals surface area contributed by atoms with Crippen LogP contribution in [0.1, 0.15) is 5.69 Å². The summed E-state index contributed by atoms with van der Waals surface area (Å²) in [4.78, 5) is 0. The second-order valence-corrected chi connectivity index (χ2v) is 4.07. The van der Waals surface area contributed by atoms with Crippen LogP contribution in [0, 0.1) is 0 Å². The number of rotatable bonds is 1. The van der Waals surface area contributed by atoms with Gasteiger partial charge in [0.05, 0.1) is 23.1 Å². The van der Waals surface area contributed by atoms with Crippen LogP contribution in [0.3, 0.4) is 0 Å². The Kier molecular flexibility index (Phi) is 2.77. The smallest absolute Gasteiger partial charge is 0.396 e. The van der Waals surface area contributed by atoms with E-state index in [2.05, 4.69) is 10.2 Å². The largest absolute Gasteiger partial charge is 0.435 e. The molecule has 98 valence electrons. The van der Waals surface area contributed by atoms with Crippen molar-refractivity contribution >= 4 is 17.3 Å². The molecule has 2 N–H and O–H groups in total. The summed E-state index contributed by atoms with van der Waals surface area (Å²) in [5, 5.41) is 7.04. The first-order valence-electron chi connectivity index (χ1n) is 4.81. The summed E-state index contributed by atoms with van der Waals surface area (Å²) in [5.41, 5.74) is 4.49. The molecule has 18 heavy (non-hydrogen) atoms. The zero-order valence-corrected chi connectivity index (χ0v) is 10.2. The molecule has 0 fully saturated rings. The molecular weight excluding hydrogens is 271 g/mol. The van der Waals surface area contributed by atoms with Gasteiger partial charge in [-0.1, -0.05) is 11.6 Å². The van der Waals surface area contributed by atoms with Gasteiger partial charge in [-0.2, -0.15) is 23.4 Å². The monoisotopic (exact) mass is 279 g/mol. The van der Waals surface area contributed by atoms with E-state index in [0.717, 1.165) is 4.68 Å². The molecule has 0 aliphatic rings. The molecule has 2 aromatic heterocycles. The lowest BCUT2D eigenvalue weighted by atomic mass is 10.1. The Labute approximate surface area is 105 Å². The average Bonchev–Trinajstić information content (AvgIpc) is 2.70. The summed E-state index contributed by atoms with van der Waals surface area (Å²) in [6, 6.07) is 0. The van der Waals surface area contributed by atoms with Gasteiger partial charge in [-0.3, -0.25) is 9.36 Å². The van der Waals surface area contributed by atoms with Gasteiger partial charge >= 0.3 is 6.18 Å². The van der Waals surface area contributed by atoms with Crippen molar-refractivity contribution in [2.24, 2.45) is 14.1 Å². The quantitative estimate of drug-likeness (QED) is 0.869. The molecule has 0 aromatic carbocycles. The van der Waals surface area contributed by atoms with Crippen LogP contribution in [0.15, 0.2) is 6.20 Å². The first-order valence-corrected chi connectivity index (χ1v) is 5.18. The standard InChI is InChI=1S/C9H9ClF3N5/c1-17-6(4(14)3-15-17)5-7(9(11,12)13)16-18(2)8(5)10/h3H,14H2,1-2H3. The Bertz CT molecular complexity index is 579. The van der Waals surface area contributed by atoms with E-state index in [1.165, 1.54) is 25.0 Å². The van der Waals surface area contributed by atoms with Gasteiger partial charge in [-0.05, 0) is 0 Å². The minimum absolute atomic E-state index is 0.0976. The summed E-state index contributed by atoms with van der Waals surface area (Å²) < 4.78 is 40.9. The van der Waals surface area contributed by atoms with Crippen molar-refractivity contribution < 1.29 is 13.2 Å². The van der Waals surface area contributed by atoms with Crippen LogP contribution in [-0.2, 0) is 20.3 Å². The molecule has 0 aliphatic heterocycles. The van der Waals surface area contributed by atoms with Gasteiger partial charge in [0.15, 0.2) is 5.69 Å². The van der Waals surface area contributed by atoms with E-state index in [4.69, 9.17) is 17.3 Å². The minimum Gasteiger partial charge on any atom is -0.396 e. The highest BCUT2D eigenvalue weighted by molar-refractivity contribution is 6.32. The number of nitrogens with zero attached hydrogens (tertiary/aromatic N) is 4. The molecule has 0 saturated carbocycles. The Balaban J connectivity index is 2.79. The molecular formula is C9H9ClF3N5. The third-order valence-corrected chi connectivity index (χ3v) is 2.88. The first-order chi connectivity index (χ1) is 8.23. The maximum Gasteiger partial charge on any atom is 0.435 e. The molecule has 5 nitrogen and oxygen atoms in total. The van der Waals surface area contributed by atoms with Crippen LogP contribution in [0.2, 0.25) is 5.15 Å². The first kappa shape index (κ1) is 12.7. The van der Waals surface area contributed by atoms with E-state index in [-0.39, 0.29) is 22.1 Å². The fourth-order valence-electron chi connectivity index (χ4n) is 1.67. The summed E-state index contributed by atoms with van der Waals surface area (Å²) in [6.07, 6.45) is -3.35. The highest BCUT2D eigenvalue weighted by Crippen LogP contribution is 2.41. The Morgan fingerprint density at radius 2 is 1.89 bits per heavy atom. The predicted molar refractivity (Wildman–Crippen MR) is 59.8 cm³/mol. The zero-order chi connectivity index (χ0) is 13.7. The van der Waals surface area contributed by atoms with Crippen LogP contribution < -0.4 is 5.73 Å². The topological polar surface area (TPSA) is 61.7 Å². The lowest BCUT2D eigenvalue weighted by molar-refractivity contribution is -0.141. The molecule has 0 atom stereocenters. The van der Waals surface area contributed by atoms with E-state index < -0.39 is 11.9 Å². The third kappa shape index (κ3) is 1.82. The van der Waals surface area contributed by atoms with Crippen molar-refractivity contribution in [1.29, 1.82) is 0 Å². The zero-order valence-electron chi connectivity index (χ0n) is 9.46. The minimum atomic E-state index is -4.61. The van der Waals surface area contributed by atoms with Gasteiger partial charge in [0.2, 0.25) is 0 Å². The summed E-state index contributed by atoms with van der Waals surface area (Å²) in [7, 11) is 2.81. The Hall–Kier alpha value is -1.70. The van der Waals surface area contributed by atoms with Gasteiger partial charge in [-0.25, -0.2) is 0 Å². The molecule has 0 radical (unpaired) electrons. The highest BCUT2D eigenvalue weighted by atomic mass is 35.5. The van der Waals surface area contributed by atoms with Crippen LogP contribution in [-0.4, -0.2) is 19.6 Å². The van der Waals surface area contributed by atoms with Gasteiger partial charge in [0.25, 0.3) is 0 Å². The number of halogens is 4. The molecule has 0 amide bonds. The number of aryl methyl sites for hydroxylation is 2. The maximum atomic E-state index is 12.9. The highest BCUT2D eigenvalue weighted by Gasteiger charge is 2.40. The second kappa shape index (κ2) is 3.91. The van der Waals surface area contributed by atoms with E-state index >= 15 is 0 Å². The van der Waals surface area contributed by atoms with Crippen molar-refractivity contribution in [3.05, 3.63) is 17.0 Å². The summed E-state index contributed by atoms with van der Waals surface area (Å²) in [6.45, 7) is 0. The molecule has 2 rings (SSSR count). The molecule has 2 aromatic rings. The number of alkyl halides is 3. The van der Waals surface area contributed by atoms with Crippen molar-refractivity contribution in [3.63, 3.8) is 0 Å². The van der Waals surface area contributed by atoms with Crippen LogP contribution in [0.5, 0.6) is 0 Å². The molecule has 2 heterocycles. The van der Waals surface area contributed by atoms with Crippen LogP contribution >= 0.6 is 11.6 Å². The van der Waals surface area contributed by atoms with Crippen molar-refractivity contribution in [2.45, 2.75) is 6.18 Å². The summed E-state index contributed by atoms with van der Waals surface area (Å²) in [5.74, 6) is 0. The van der Waals surface area contributed by atoms with Gasteiger partial charge in [0.1, 0.15) is 5.15 Å². The van der Waals surface area contributed by atoms with Gasteiger partial charge < -0.3 is 5.73 Å². The van der Waals surface area contributed by atoms with E-state index in [1.54, 1.807) is 0 Å². The number of hydrogen-bond acceptors (Lipinski definition) is 3. The fraction of sp³-hybridized carbons (Fsp3) is 0.333. The normalized spacial score (nSPS) is 12.1. The second-order valence-electron chi connectivity index (χ2n) is 3.71. The Morgan fingerprint density at radius 1 is 1.28 bits per heavy atom. The van der Waals surface area contributed by atoms with Gasteiger partial charge in [0, 0.05) is 14.1 Å². The number of aromatic nitrogens is 4. The maximum absolute atomic E-state index is 12.9. The number of hydrogen-bond donors (Lipinski definition) is 1. The predicted octanol–water partition coefficient (Wildman–Crippen LogP) is 2.08. The molecule has 9 heteroatoms. The fourth-order valence-corrected chi connectivity index (χ4v) is 1.89. The molecule has 0 unspecified atom stereocenters. The molecule has 0 saturated heterocycles. The SMILES string of the molecule is Cn1nc(C(F)(F)F)c(-c2c(N)cnn2C)c1Cl. The molecule has 0 bridgehead atoms. The van der Waals surface area contributed by atoms with Crippen molar-refractivity contribution in [2.75, 3.05) is 5.73 Å². The van der Waals surface area contributed by atoms with Gasteiger partial charge in [-0.15, -0.1) is 0 Å². The third-order valence-electron chi connectivity index (χ3n) is 2.45. The van der Waals surface area contributed by atoms with E-state index in [9.17, 15) is 13.2 Å². The molecule has 0 spiro atoms. The van der Waals surface area contributed by atoms with E-state index in [0.29, 0.717) is 0 Å². The van der Waals surface area contributed by atoms with E-state index in [1.807, 2.05) is 0 Å². The lowest BCUT2D eigenvalue weighted by Gasteiger charge is -2.07. The number of nitrogen functional groups attached to an aromatic ring is 1. The lowest BCUT2D eigenvalue weighted by Crippen LogP contribution is -2.09. The van der Waals surface area contributed by atoms with Crippen molar-refractivity contribution in [1.82, 2.24) is 19.6 Å². The summed E-state index contributed by atoms with van der Waals surface area (Å²) >= 11 is 5.86. The van der Waals surface area contributed by atoms with Crippen LogP contribution in [0.25, 0.3) is 11.3 Å². The molecule has 0 aliphatic carbocycles. The van der Waals surface area contributed by atoms with Crippen molar-refractivity contribution in [3.8, 4) is 11.3 Å². The average molecular weight is 280 g/mol. The number of anilines is 1. The Morgan fingerprint density at radius 3 is 2.33 bits per heavy atom. The van der Waals surface area contributed by atoms with Crippen LogP contribution in [0.4, 0.5) is 18.9 Å².